The highest BCUT2D eigenvalue weighted by molar-refractivity contribution is 4.90. The van der Waals surface area contributed by atoms with E-state index in [4.69, 9.17) is 4.74 Å². The predicted molar refractivity (Wildman–Crippen MR) is 68.8 cm³/mol. The van der Waals surface area contributed by atoms with Crippen molar-refractivity contribution < 1.29 is 4.74 Å². The van der Waals surface area contributed by atoms with E-state index in [9.17, 15) is 0 Å². The molecule has 2 N–H and O–H groups in total. The Kier molecular flexibility index (Phi) is 6.32. The molecule has 0 amide bonds. The van der Waals surface area contributed by atoms with Crippen LogP contribution in [0.15, 0.2) is 0 Å². The SMILES string of the molecule is CC(C)CCCCNCCOC1(C)CNC1. The van der Waals surface area contributed by atoms with Gasteiger partial charge in [0.05, 0.1) is 12.2 Å². The lowest BCUT2D eigenvalue weighted by atomic mass is 10.0. The van der Waals surface area contributed by atoms with Gasteiger partial charge in [-0.2, -0.15) is 0 Å². The third kappa shape index (κ3) is 5.83. The van der Waals surface area contributed by atoms with Gasteiger partial charge in [0, 0.05) is 19.6 Å². The van der Waals surface area contributed by atoms with E-state index in [0.717, 1.165) is 38.7 Å². The molecular formula is C13H28N2O. The smallest absolute Gasteiger partial charge is 0.0902 e. The number of nitrogens with one attached hydrogen (secondary N) is 2. The van der Waals surface area contributed by atoms with Gasteiger partial charge in [-0.05, 0) is 25.8 Å². The Balaban J connectivity index is 1.78. The molecule has 0 radical (unpaired) electrons. The first-order valence-corrected chi connectivity index (χ1v) is 6.68. The van der Waals surface area contributed by atoms with Crippen LogP contribution in [0.2, 0.25) is 0 Å². The summed E-state index contributed by atoms with van der Waals surface area (Å²) in [5, 5.41) is 6.67. The van der Waals surface area contributed by atoms with Crippen LogP contribution < -0.4 is 10.6 Å². The Labute approximate surface area is 100 Å². The Morgan fingerprint density at radius 3 is 2.56 bits per heavy atom. The van der Waals surface area contributed by atoms with Crippen LogP contribution in [0.3, 0.4) is 0 Å². The number of hydrogen-bond donors (Lipinski definition) is 2. The van der Waals surface area contributed by atoms with Crippen molar-refractivity contribution in [2.24, 2.45) is 5.92 Å². The first-order chi connectivity index (χ1) is 7.62. The van der Waals surface area contributed by atoms with Crippen LogP contribution in [0.1, 0.15) is 40.0 Å². The number of hydrogen-bond acceptors (Lipinski definition) is 3. The molecule has 1 aliphatic rings. The molecule has 0 unspecified atom stereocenters. The molecular weight excluding hydrogens is 200 g/mol. The Hall–Kier alpha value is -0.120. The molecule has 0 aromatic rings. The van der Waals surface area contributed by atoms with Crippen LogP contribution in [0.5, 0.6) is 0 Å². The molecule has 1 fully saturated rings. The standard InChI is InChI=1S/C13H28N2O/c1-12(2)6-4-5-7-14-8-9-16-13(3)10-15-11-13/h12,14-15H,4-11H2,1-3H3. The van der Waals surface area contributed by atoms with Crippen LogP contribution in [-0.4, -0.2) is 38.4 Å². The summed E-state index contributed by atoms with van der Waals surface area (Å²) < 4.78 is 5.79. The van der Waals surface area contributed by atoms with E-state index in [0.29, 0.717) is 0 Å². The third-order valence-corrected chi connectivity index (χ3v) is 3.11. The van der Waals surface area contributed by atoms with Gasteiger partial charge >= 0.3 is 0 Å². The van der Waals surface area contributed by atoms with Gasteiger partial charge in [-0.3, -0.25) is 0 Å². The Morgan fingerprint density at radius 2 is 2.00 bits per heavy atom. The van der Waals surface area contributed by atoms with E-state index in [2.05, 4.69) is 31.4 Å². The van der Waals surface area contributed by atoms with Gasteiger partial charge < -0.3 is 15.4 Å². The molecule has 1 heterocycles. The summed E-state index contributed by atoms with van der Waals surface area (Å²) in [4.78, 5) is 0. The summed E-state index contributed by atoms with van der Waals surface area (Å²) in [6.45, 7) is 11.7. The van der Waals surface area contributed by atoms with E-state index in [1.165, 1.54) is 19.3 Å². The average Bonchev–Trinajstić information content (AvgIpc) is 2.19. The fourth-order valence-corrected chi connectivity index (χ4v) is 1.88. The molecule has 0 spiro atoms. The zero-order chi connectivity index (χ0) is 11.9. The minimum absolute atomic E-state index is 0.110. The first-order valence-electron chi connectivity index (χ1n) is 6.68. The maximum Gasteiger partial charge on any atom is 0.0902 e. The first kappa shape index (κ1) is 13.9. The molecule has 0 atom stereocenters. The monoisotopic (exact) mass is 228 g/mol. The highest BCUT2D eigenvalue weighted by Crippen LogP contribution is 2.14. The highest BCUT2D eigenvalue weighted by Gasteiger charge is 2.31. The van der Waals surface area contributed by atoms with Gasteiger partial charge in [0.15, 0.2) is 0 Å². The zero-order valence-corrected chi connectivity index (χ0v) is 11.1. The maximum atomic E-state index is 5.79. The molecule has 1 saturated heterocycles. The molecule has 0 bridgehead atoms. The maximum absolute atomic E-state index is 5.79. The van der Waals surface area contributed by atoms with Crippen LogP contribution in [0.4, 0.5) is 0 Å². The molecule has 96 valence electrons. The second kappa shape index (κ2) is 7.25. The van der Waals surface area contributed by atoms with Crippen molar-refractivity contribution in [2.75, 3.05) is 32.8 Å². The summed E-state index contributed by atoms with van der Waals surface area (Å²) in [5.74, 6) is 0.842. The summed E-state index contributed by atoms with van der Waals surface area (Å²) >= 11 is 0. The van der Waals surface area contributed by atoms with Crippen molar-refractivity contribution in [3.05, 3.63) is 0 Å². The van der Waals surface area contributed by atoms with E-state index >= 15 is 0 Å². The lowest BCUT2D eigenvalue weighted by Gasteiger charge is -2.39. The molecule has 1 aliphatic heterocycles. The highest BCUT2D eigenvalue weighted by atomic mass is 16.5. The number of ether oxygens (including phenoxy) is 1. The lowest BCUT2D eigenvalue weighted by Crippen LogP contribution is -2.59. The molecule has 0 aliphatic carbocycles. The third-order valence-electron chi connectivity index (χ3n) is 3.11. The van der Waals surface area contributed by atoms with Crippen LogP contribution in [0.25, 0.3) is 0 Å². The second-order valence-electron chi connectivity index (χ2n) is 5.54. The number of rotatable bonds is 9. The normalized spacial score (nSPS) is 18.8. The molecule has 0 saturated carbocycles. The molecule has 3 nitrogen and oxygen atoms in total. The summed E-state index contributed by atoms with van der Waals surface area (Å²) in [5.41, 5.74) is 0.110. The number of unbranched alkanes of at least 4 members (excludes halogenated alkanes) is 1. The minimum atomic E-state index is 0.110. The Morgan fingerprint density at radius 1 is 1.25 bits per heavy atom. The van der Waals surface area contributed by atoms with Gasteiger partial charge in [-0.25, -0.2) is 0 Å². The van der Waals surface area contributed by atoms with Gasteiger partial charge in [0.2, 0.25) is 0 Å². The molecule has 3 heteroatoms. The van der Waals surface area contributed by atoms with E-state index in [1.54, 1.807) is 0 Å². The van der Waals surface area contributed by atoms with Crippen molar-refractivity contribution in [2.45, 2.75) is 45.6 Å². The van der Waals surface area contributed by atoms with Crippen LogP contribution in [0, 0.1) is 5.92 Å². The van der Waals surface area contributed by atoms with Crippen molar-refractivity contribution in [1.82, 2.24) is 10.6 Å². The predicted octanol–water partition coefficient (Wildman–Crippen LogP) is 1.78. The Bertz CT molecular complexity index is 179. The molecule has 0 aromatic carbocycles. The second-order valence-corrected chi connectivity index (χ2v) is 5.54. The summed E-state index contributed by atoms with van der Waals surface area (Å²) in [6, 6.07) is 0. The molecule has 1 rings (SSSR count). The van der Waals surface area contributed by atoms with Gasteiger partial charge in [-0.15, -0.1) is 0 Å². The van der Waals surface area contributed by atoms with Crippen LogP contribution in [-0.2, 0) is 4.74 Å². The van der Waals surface area contributed by atoms with Crippen LogP contribution >= 0.6 is 0 Å². The van der Waals surface area contributed by atoms with Gasteiger partial charge in [-0.1, -0.05) is 26.7 Å². The minimum Gasteiger partial charge on any atom is -0.371 e. The van der Waals surface area contributed by atoms with E-state index in [1.807, 2.05) is 0 Å². The van der Waals surface area contributed by atoms with Crippen molar-refractivity contribution in [3.63, 3.8) is 0 Å². The molecule has 0 aromatic heterocycles. The van der Waals surface area contributed by atoms with E-state index < -0.39 is 0 Å². The largest absolute Gasteiger partial charge is 0.371 e. The molecule has 16 heavy (non-hydrogen) atoms. The lowest BCUT2D eigenvalue weighted by molar-refractivity contribution is -0.0647. The van der Waals surface area contributed by atoms with Gasteiger partial charge in [0.25, 0.3) is 0 Å². The van der Waals surface area contributed by atoms with E-state index in [-0.39, 0.29) is 5.60 Å². The topological polar surface area (TPSA) is 33.3 Å². The van der Waals surface area contributed by atoms with Crippen molar-refractivity contribution >= 4 is 0 Å². The summed E-state index contributed by atoms with van der Waals surface area (Å²) in [6.07, 6.45) is 3.98. The van der Waals surface area contributed by atoms with Crippen molar-refractivity contribution in [3.8, 4) is 0 Å². The average molecular weight is 228 g/mol. The fourth-order valence-electron chi connectivity index (χ4n) is 1.88. The quantitative estimate of drug-likeness (QED) is 0.590. The zero-order valence-electron chi connectivity index (χ0n) is 11.1. The van der Waals surface area contributed by atoms with Gasteiger partial charge in [0.1, 0.15) is 0 Å². The summed E-state index contributed by atoms with van der Waals surface area (Å²) in [7, 11) is 0. The fraction of sp³-hybridized carbons (Fsp3) is 1.00. The van der Waals surface area contributed by atoms with Crippen molar-refractivity contribution in [1.29, 1.82) is 0 Å².